The number of halogens is 5. The largest absolute Gasteiger partial charge is 0.405 e. The van der Waals surface area contributed by atoms with Gasteiger partial charge in [-0.15, -0.1) is 0 Å². The Kier molecular flexibility index (Phi) is 4.22. The van der Waals surface area contributed by atoms with Crippen LogP contribution >= 0.6 is 11.6 Å². The average molecular weight is 320 g/mol. The molecule has 2 rings (SSSR count). The minimum absolute atomic E-state index is 0.0584. The minimum Gasteiger partial charge on any atom is -0.396 e. The molecular formula is C13H10ClF4N3. The predicted molar refractivity (Wildman–Crippen MR) is 73.6 cm³/mol. The molecule has 1 heterocycles. The molecule has 0 aliphatic heterocycles. The quantitative estimate of drug-likeness (QED) is 0.661. The van der Waals surface area contributed by atoms with E-state index in [4.69, 9.17) is 17.3 Å². The molecule has 112 valence electrons. The van der Waals surface area contributed by atoms with Crippen LogP contribution in [0.5, 0.6) is 0 Å². The average Bonchev–Trinajstić information content (AvgIpc) is 2.40. The maximum atomic E-state index is 13.4. The Morgan fingerprint density at radius 1 is 1.24 bits per heavy atom. The normalized spacial score (nSPS) is 11.5. The number of nitrogens with two attached hydrogens (primary N) is 1. The lowest BCUT2D eigenvalue weighted by Gasteiger charge is -2.10. The van der Waals surface area contributed by atoms with Crippen LogP contribution in [-0.4, -0.2) is 17.7 Å². The van der Waals surface area contributed by atoms with E-state index in [9.17, 15) is 17.6 Å². The zero-order valence-corrected chi connectivity index (χ0v) is 11.3. The summed E-state index contributed by atoms with van der Waals surface area (Å²) in [5.41, 5.74) is 6.13. The van der Waals surface area contributed by atoms with Gasteiger partial charge >= 0.3 is 6.18 Å². The third-order valence-electron chi connectivity index (χ3n) is 2.63. The van der Waals surface area contributed by atoms with Crippen molar-refractivity contribution in [2.75, 3.05) is 17.6 Å². The molecule has 1 aromatic heterocycles. The first-order chi connectivity index (χ1) is 9.76. The molecule has 2 aromatic rings. The van der Waals surface area contributed by atoms with Gasteiger partial charge in [-0.3, -0.25) is 0 Å². The fraction of sp³-hybridized carbons (Fsp3) is 0.154. The van der Waals surface area contributed by atoms with Crippen molar-refractivity contribution in [1.82, 2.24) is 4.98 Å². The number of hydrogen-bond acceptors (Lipinski definition) is 3. The molecule has 3 N–H and O–H groups in total. The van der Waals surface area contributed by atoms with Crippen molar-refractivity contribution in [1.29, 1.82) is 0 Å². The lowest BCUT2D eigenvalue weighted by Crippen LogP contribution is -2.21. The molecule has 0 aliphatic carbocycles. The monoisotopic (exact) mass is 319 g/mol. The summed E-state index contributed by atoms with van der Waals surface area (Å²) in [4.78, 5) is 3.83. The maximum Gasteiger partial charge on any atom is 0.405 e. The minimum atomic E-state index is -4.33. The summed E-state index contributed by atoms with van der Waals surface area (Å²) in [6, 6.07) is 5.26. The number of anilines is 2. The fourth-order valence-corrected chi connectivity index (χ4v) is 1.91. The molecule has 3 nitrogen and oxygen atoms in total. The zero-order valence-electron chi connectivity index (χ0n) is 10.5. The van der Waals surface area contributed by atoms with E-state index in [1.54, 1.807) is 0 Å². The Hall–Kier alpha value is -2.02. The molecule has 0 unspecified atom stereocenters. The summed E-state index contributed by atoms with van der Waals surface area (Å²) in [7, 11) is 0. The van der Waals surface area contributed by atoms with E-state index in [1.807, 2.05) is 0 Å². The van der Waals surface area contributed by atoms with Crippen LogP contribution in [0.2, 0.25) is 5.02 Å². The van der Waals surface area contributed by atoms with E-state index in [-0.39, 0.29) is 16.5 Å². The molecule has 0 saturated carbocycles. The lowest BCUT2D eigenvalue weighted by molar-refractivity contribution is -0.115. The highest BCUT2D eigenvalue weighted by Gasteiger charge is 2.26. The number of rotatable bonds is 3. The van der Waals surface area contributed by atoms with Gasteiger partial charge in [0, 0.05) is 17.3 Å². The second-order valence-corrected chi connectivity index (χ2v) is 4.66. The smallest absolute Gasteiger partial charge is 0.396 e. The van der Waals surface area contributed by atoms with Gasteiger partial charge in [-0.05, 0) is 24.3 Å². The number of nitrogens with one attached hydrogen (secondary N) is 1. The molecule has 0 spiro atoms. The van der Waals surface area contributed by atoms with Gasteiger partial charge in [-0.2, -0.15) is 13.2 Å². The highest BCUT2D eigenvalue weighted by molar-refractivity contribution is 6.33. The van der Waals surface area contributed by atoms with Crippen LogP contribution < -0.4 is 11.1 Å². The maximum absolute atomic E-state index is 13.4. The third kappa shape index (κ3) is 3.98. The van der Waals surface area contributed by atoms with E-state index in [1.165, 1.54) is 24.4 Å². The Morgan fingerprint density at radius 3 is 2.52 bits per heavy atom. The van der Waals surface area contributed by atoms with Gasteiger partial charge < -0.3 is 11.1 Å². The van der Waals surface area contributed by atoms with Crippen LogP contribution in [0.4, 0.5) is 29.1 Å². The molecule has 21 heavy (non-hydrogen) atoms. The van der Waals surface area contributed by atoms with Crippen molar-refractivity contribution in [3.63, 3.8) is 0 Å². The van der Waals surface area contributed by atoms with Crippen molar-refractivity contribution >= 4 is 23.1 Å². The van der Waals surface area contributed by atoms with Crippen LogP contribution in [0.3, 0.4) is 0 Å². The van der Waals surface area contributed by atoms with Crippen molar-refractivity contribution in [2.24, 2.45) is 0 Å². The number of nitrogens with zero attached hydrogens (tertiary/aromatic N) is 1. The van der Waals surface area contributed by atoms with Gasteiger partial charge in [0.05, 0.1) is 10.7 Å². The van der Waals surface area contributed by atoms with Gasteiger partial charge in [-0.1, -0.05) is 11.6 Å². The molecule has 0 atom stereocenters. The molecule has 8 heteroatoms. The number of hydrogen-bond donors (Lipinski definition) is 2. The van der Waals surface area contributed by atoms with Gasteiger partial charge in [-0.25, -0.2) is 9.37 Å². The molecule has 1 aromatic carbocycles. The Labute approximate surface area is 122 Å². The number of benzene rings is 1. The highest BCUT2D eigenvalue weighted by atomic mass is 35.5. The van der Waals surface area contributed by atoms with E-state index in [0.29, 0.717) is 11.1 Å². The van der Waals surface area contributed by atoms with Crippen LogP contribution in [0, 0.1) is 5.82 Å². The number of pyridine rings is 1. The van der Waals surface area contributed by atoms with Gasteiger partial charge in [0.25, 0.3) is 0 Å². The van der Waals surface area contributed by atoms with Crippen molar-refractivity contribution in [3.8, 4) is 11.1 Å². The molecule has 0 amide bonds. The van der Waals surface area contributed by atoms with Crippen molar-refractivity contribution in [2.45, 2.75) is 6.18 Å². The van der Waals surface area contributed by atoms with Crippen LogP contribution in [0.25, 0.3) is 11.1 Å². The number of alkyl halides is 3. The van der Waals surface area contributed by atoms with E-state index in [2.05, 4.69) is 10.3 Å². The molecule has 0 bridgehead atoms. The van der Waals surface area contributed by atoms with E-state index >= 15 is 0 Å². The summed E-state index contributed by atoms with van der Waals surface area (Å²) in [5.74, 6) is -0.572. The molecular weight excluding hydrogens is 310 g/mol. The third-order valence-corrected chi connectivity index (χ3v) is 2.94. The molecule has 0 radical (unpaired) electrons. The first-order valence-electron chi connectivity index (χ1n) is 5.78. The highest BCUT2D eigenvalue weighted by Crippen LogP contribution is 2.31. The first kappa shape index (κ1) is 15.4. The predicted octanol–water partition coefficient (Wildman–Crippen LogP) is 4.10. The molecule has 0 saturated heterocycles. The fourth-order valence-electron chi connectivity index (χ4n) is 1.63. The lowest BCUT2D eigenvalue weighted by atomic mass is 10.1. The van der Waals surface area contributed by atoms with Gasteiger partial charge in [0.2, 0.25) is 0 Å². The van der Waals surface area contributed by atoms with Crippen molar-refractivity contribution < 1.29 is 17.6 Å². The second kappa shape index (κ2) is 5.77. The zero-order chi connectivity index (χ0) is 15.6. The Bertz CT molecular complexity index is 641. The summed E-state index contributed by atoms with van der Waals surface area (Å²) in [6.45, 7) is -1.18. The van der Waals surface area contributed by atoms with E-state index < -0.39 is 18.5 Å². The van der Waals surface area contributed by atoms with Crippen LogP contribution in [0.1, 0.15) is 0 Å². The molecule has 0 aliphatic rings. The van der Waals surface area contributed by atoms with Crippen LogP contribution in [0.15, 0.2) is 30.5 Å². The van der Waals surface area contributed by atoms with Gasteiger partial charge in [0.15, 0.2) is 0 Å². The summed E-state index contributed by atoms with van der Waals surface area (Å²) in [6.07, 6.45) is -3.03. The summed E-state index contributed by atoms with van der Waals surface area (Å²) >= 11 is 5.96. The molecule has 0 fully saturated rings. The SMILES string of the molecule is Nc1cc(Cl)c(-c2ccc(NCC(F)(F)F)nc2)cc1F. The number of nitrogen functional groups attached to an aromatic ring is 1. The second-order valence-electron chi connectivity index (χ2n) is 4.25. The Morgan fingerprint density at radius 2 is 1.95 bits per heavy atom. The Balaban J connectivity index is 2.21. The summed E-state index contributed by atoms with van der Waals surface area (Å²) < 4.78 is 49.6. The first-order valence-corrected chi connectivity index (χ1v) is 6.15. The van der Waals surface area contributed by atoms with E-state index in [0.717, 1.165) is 6.07 Å². The van der Waals surface area contributed by atoms with Gasteiger partial charge in [0.1, 0.15) is 18.2 Å². The standard InChI is InChI=1S/C13H10ClF4N3/c14-9-4-11(19)10(15)3-8(9)7-1-2-12(20-5-7)21-6-13(16,17)18/h1-5H,6,19H2,(H,20,21). The topological polar surface area (TPSA) is 50.9 Å². The summed E-state index contributed by atoms with van der Waals surface area (Å²) in [5, 5.41) is 2.36. The van der Waals surface area contributed by atoms with Crippen LogP contribution in [-0.2, 0) is 0 Å². The van der Waals surface area contributed by atoms with Crippen molar-refractivity contribution in [3.05, 3.63) is 41.3 Å². The number of aromatic nitrogens is 1.